The van der Waals surface area contributed by atoms with Crippen LogP contribution in [0.4, 0.5) is 0 Å². The Morgan fingerprint density at radius 2 is 2.41 bits per heavy atom. The smallest absolute Gasteiger partial charge is 0.286 e. The number of rotatable bonds is 5. The molecule has 116 valence electrons. The average Bonchev–Trinajstić information content (AvgIpc) is 3.16. The first-order valence-electron chi connectivity index (χ1n) is 7.38. The van der Waals surface area contributed by atoms with Gasteiger partial charge in [-0.25, -0.2) is 0 Å². The Hall–Kier alpha value is -1.89. The number of carbonyl (C=O) groups is 1. The number of nitrogens with zero attached hydrogens (tertiary/aromatic N) is 3. The highest BCUT2D eigenvalue weighted by Gasteiger charge is 2.24. The van der Waals surface area contributed by atoms with Crippen LogP contribution in [-0.2, 0) is 4.79 Å². The van der Waals surface area contributed by atoms with Crippen molar-refractivity contribution in [3.63, 3.8) is 0 Å². The van der Waals surface area contributed by atoms with Crippen molar-refractivity contribution in [2.75, 3.05) is 5.75 Å². The zero-order valence-electron chi connectivity index (χ0n) is 12.4. The first-order chi connectivity index (χ1) is 10.7. The fourth-order valence-corrected chi connectivity index (χ4v) is 3.19. The van der Waals surface area contributed by atoms with E-state index in [9.17, 15) is 4.79 Å². The standard InChI is InChI=1S/C15H18N4O2S/c1-10-4-2-6-12(10)17-13(20)9-22-15-18-14(19-21-15)11-5-3-7-16-8-11/h3,5,7-8,10,12H,2,4,6,9H2,1H3,(H,17,20). The number of carbonyl (C=O) groups excluding carboxylic acids is 1. The Bertz CT molecular complexity index is 631. The Balaban J connectivity index is 1.51. The molecule has 0 bridgehead atoms. The Morgan fingerprint density at radius 1 is 1.50 bits per heavy atom. The number of thioether (sulfide) groups is 1. The molecular formula is C15H18N4O2S. The van der Waals surface area contributed by atoms with E-state index in [0.29, 0.717) is 23.0 Å². The second-order valence-corrected chi connectivity index (χ2v) is 6.42. The topological polar surface area (TPSA) is 80.9 Å². The molecule has 3 rings (SSSR count). The quantitative estimate of drug-likeness (QED) is 0.853. The van der Waals surface area contributed by atoms with Gasteiger partial charge in [-0.2, -0.15) is 4.98 Å². The van der Waals surface area contributed by atoms with Crippen LogP contribution in [-0.4, -0.2) is 32.8 Å². The molecule has 1 aliphatic rings. The van der Waals surface area contributed by atoms with Crippen LogP contribution >= 0.6 is 11.8 Å². The van der Waals surface area contributed by atoms with Crippen LogP contribution in [0, 0.1) is 5.92 Å². The van der Waals surface area contributed by atoms with Gasteiger partial charge in [0.15, 0.2) is 0 Å². The normalized spacial score (nSPS) is 21.0. The minimum Gasteiger partial charge on any atom is -0.352 e. The maximum atomic E-state index is 12.0. The molecule has 2 atom stereocenters. The van der Waals surface area contributed by atoms with Crippen molar-refractivity contribution in [1.29, 1.82) is 0 Å². The lowest BCUT2D eigenvalue weighted by Gasteiger charge is -2.16. The first-order valence-corrected chi connectivity index (χ1v) is 8.37. The third-order valence-corrected chi connectivity index (χ3v) is 4.68. The van der Waals surface area contributed by atoms with Crippen LogP contribution < -0.4 is 5.32 Å². The SMILES string of the molecule is CC1CCCC1NC(=O)CSc1nc(-c2cccnc2)no1. The van der Waals surface area contributed by atoms with Gasteiger partial charge < -0.3 is 9.84 Å². The van der Waals surface area contributed by atoms with Gasteiger partial charge in [0.1, 0.15) is 0 Å². The Morgan fingerprint density at radius 3 is 3.14 bits per heavy atom. The molecule has 1 fully saturated rings. The summed E-state index contributed by atoms with van der Waals surface area (Å²) in [5.41, 5.74) is 0.794. The summed E-state index contributed by atoms with van der Waals surface area (Å²) in [6.45, 7) is 2.18. The molecule has 0 aliphatic heterocycles. The predicted octanol–water partition coefficient (Wildman–Crippen LogP) is 2.53. The summed E-state index contributed by atoms with van der Waals surface area (Å²) in [6.07, 6.45) is 6.82. The molecule has 2 unspecified atom stereocenters. The van der Waals surface area contributed by atoms with Crippen molar-refractivity contribution in [3.05, 3.63) is 24.5 Å². The fourth-order valence-electron chi connectivity index (χ4n) is 2.62. The fraction of sp³-hybridized carbons (Fsp3) is 0.467. The van der Waals surface area contributed by atoms with E-state index in [0.717, 1.165) is 12.0 Å². The van der Waals surface area contributed by atoms with Crippen LogP contribution in [0.1, 0.15) is 26.2 Å². The third-order valence-electron chi connectivity index (χ3n) is 3.86. The molecule has 0 spiro atoms. The number of hydrogen-bond donors (Lipinski definition) is 1. The highest BCUT2D eigenvalue weighted by Crippen LogP contribution is 2.25. The highest BCUT2D eigenvalue weighted by molar-refractivity contribution is 7.99. The van der Waals surface area contributed by atoms with Crippen molar-refractivity contribution in [3.8, 4) is 11.4 Å². The van der Waals surface area contributed by atoms with Crippen LogP contribution in [0.15, 0.2) is 34.3 Å². The van der Waals surface area contributed by atoms with Crippen LogP contribution in [0.2, 0.25) is 0 Å². The zero-order valence-corrected chi connectivity index (χ0v) is 13.2. The van der Waals surface area contributed by atoms with Crippen LogP contribution in [0.3, 0.4) is 0 Å². The summed E-state index contributed by atoms with van der Waals surface area (Å²) in [7, 11) is 0. The molecule has 1 N–H and O–H groups in total. The van der Waals surface area contributed by atoms with Gasteiger partial charge in [-0.05, 0) is 30.9 Å². The first kappa shape index (κ1) is 15.0. The molecule has 0 aromatic carbocycles. The summed E-state index contributed by atoms with van der Waals surface area (Å²) in [6, 6.07) is 3.98. The van der Waals surface area contributed by atoms with E-state index in [1.54, 1.807) is 12.4 Å². The third kappa shape index (κ3) is 3.65. The lowest BCUT2D eigenvalue weighted by atomic mass is 10.1. The Kier molecular flexibility index (Phi) is 4.72. The molecule has 6 nitrogen and oxygen atoms in total. The van der Waals surface area contributed by atoms with Gasteiger partial charge in [-0.3, -0.25) is 9.78 Å². The van der Waals surface area contributed by atoms with Crippen molar-refractivity contribution in [2.24, 2.45) is 5.92 Å². The number of nitrogens with one attached hydrogen (secondary N) is 1. The zero-order chi connectivity index (χ0) is 15.4. The van der Waals surface area contributed by atoms with E-state index < -0.39 is 0 Å². The van der Waals surface area contributed by atoms with Gasteiger partial charge >= 0.3 is 0 Å². The molecule has 7 heteroatoms. The lowest BCUT2D eigenvalue weighted by Crippen LogP contribution is -2.37. The summed E-state index contributed by atoms with van der Waals surface area (Å²) in [5.74, 6) is 1.36. The van der Waals surface area contributed by atoms with Gasteiger partial charge in [0, 0.05) is 24.0 Å². The number of hydrogen-bond acceptors (Lipinski definition) is 6. The molecule has 22 heavy (non-hydrogen) atoms. The number of pyridine rings is 1. The van der Waals surface area contributed by atoms with Gasteiger partial charge in [0.2, 0.25) is 11.7 Å². The highest BCUT2D eigenvalue weighted by atomic mass is 32.2. The van der Waals surface area contributed by atoms with Crippen molar-refractivity contribution in [1.82, 2.24) is 20.4 Å². The largest absolute Gasteiger partial charge is 0.352 e. The van der Waals surface area contributed by atoms with Gasteiger partial charge in [0.25, 0.3) is 5.22 Å². The summed E-state index contributed by atoms with van der Waals surface area (Å²) >= 11 is 1.26. The number of amides is 1. The number of aromatic nitrogens is 3. The van der Waals surface area contributed by atoms with Gasteiger partial charge in [-0.15, -0.1) is 0 Å². The lowest BCUT2D eigenvalue weighted by molar-refractivity contribution is -0.119. The maximum Gasteiger partial charge on any atom is 0.286 e. The maximum absolute atomic E-state index is 12.0. The van der Waals surface area contributed by atoms with E-state index in [-0.39, 0.29) is 11.7 Å². The molecule has 0 radical (unpaired) electrons. The monoisotopic (exact) mass is 318 g/mol. The summed E-state index contributed by atoms with van der Waals surface area (Å²) < 4.78 is 5.15. The molecule has 1 saturated carbocycles. The van der Waals surface area contributed by atoms with Crippen molar-refractivity contribution < 1.29 is 9.32 Å². The van der Waals surface area contributed by atoms with Gasteiger partial charge in [-0.1, -0.05) is 30.3 Å². The minimum atomic E-state index is 0.0184. The van der Waals surface area contributed by atoms with E-state index in [1.807, 2.05) is 12.1 Å². The summed E-state index contributed by atoms with van der Waals surface area (Å²) in [5, 5.41) is 7.38. The molecule has 1 amide bonds. The molecule has 1 aliphatic carbocycles. The molecular weight excluding hydrogens is 300 g/mol. The molecule has 2 aromatic heterocycles. The predicted molar refractivity (Wildman–Crippen MR) is 83.2 cm³/mol. The van der Waals surface area contributed by atoms with E-state index in [4.69, 9.17) is 4.52 Å². The van der Waals surface area contributed by atoms with Crippen LogP contribution in [0.5, 0.6) is 0 Å². The minimum absolute atomic E-state index is 0.0184. The van der Waals surface area contributed by atoms with Crippen LogP contribution in [0.25, 0.3) is 11.4 Å². The second-order valence-electron chi connectivity index (χ2n) is 5.50. The molecule has 2 heterocycles. The van der Waals surface area contributed by atoms with E-state index in [2.05, 4.69) is 27.4 Å². The molecule has 2 aromatic rings. The summed E-state index contributed by atoms with van der Waals surface area (Å²) in [4.78, 5) is 20.2. The van der Waals surface area contributed by atoms with E-state index in [1.165, 1.54) is 24.6 Å². The average molecular weight is 318 g/mol. The Labute approximate surface area is 133 Å². The second kappa shape index (κ2) is 6.91. The van der Waals surface area contributed by atoms with E-state index >= 15 is 0 Å². The van der Waals surface area contributed by atoms with Crippen molar-refractivity contribution in [2.45, 2.75) is 37.5 Å². The molecule has 0 saturated heterocycles. The van der Waals surface area contributed by atoms with Crippen molar-refractivity contribution >= 4 is 17.7 Å². The van der Waals surface area contributed by atoms with Gasteiger partial charge in [0.05, 0.1) is 5.75 Å².